The standard InChI is InChI=1S/C16H17N5OS/c1-9-7-20(8-15-19-18-10(2)21(9)15)16(22)12-4-5-14-13(6-12)17-11(3)23-14/h4-6,9H,7-8H2,1-3H3/t9-/m0/s1. The maximum atomic E-state index is 12.9. The second-order valence-electron chi connectivity index (χ2n) is 5.98. The first-order valence-electron chi connectivity index (χ1n) is 7.60. The number of thiazole rings is 1. The van der Waals surface area contributed by atoms with E-state index >= 15 is 0 Å². The summed E-state index contributed by atoms with van der Waals surface area (Å²) in [5.74, 6) is 1.77. The first-order chi connectivity index (χ1) is 11.0. The van der Waals surface area contributed by atoms with Gasteiger partial charge in [0.25, 0.3) is 5.91 Å². The van der Waals surface area contributed by atoms with Crippen molar-refractivity contribution in [3.63, 3.8) is 0 Å². The molecule has 0 saturated heterocycles. The molecule has 0 N–H and O–H groups in total. The lowest BCUT2D eigenvalue weighted by Gasteiger charge is -2.32. The average Bonchev–Trinajstić information content (AvgIpc) is 3.07. The molecule has 0 fully saturated rings. The molecule has 1 aromatic carbocycles. The SMILES string of the molecule is Cc1nc2cc(C(=O)N3Cc4nnc(C)n4[C@@H](C)C3)ccc2s1. The number of hydrogen-bond acceptors (Lipinski definition) is 5. The Labute approximate surface area is 137 Å². The Hall–Kier alpha value is -2.28. The highest BCUT2D eigenvalue weighted by Crippen LogP contribution is 2.25. The zero-order valence-corrected chi connectivity index (χ0v) is 14.1. The highest BCUT2D eigenvalue weighted by molar-refractivity contribution is 7.18. The van der Waals surface area contributed by atoms with Crippen LogP contribution in [0.3, 0.4) is 0 Å². The van der Waals surface area contributed by atoms with E-state index in [1.807, 2.05) is 36.9 Å². The largest absolute Gasteiger partial charge is 0.329 e. The first-order valence-corrected chi connectivity index (χ1v) is 8.41. The van der Waals surface area contributed by atoms with Gasteiger partial charge in [0, 0.05) is 12.1 Å². The maximum absolute atomic E-state index is 12.9. The van der Waals surface area contributed by atoms with E-state index in [0.29, 0.717) is 18.7 Å². The fourth-order valence-corrected chi connectivity index (χ4v) is 4.05. The summed E-state index contributed by atoms with van der Waals surface area (Å²) >= 11 is 1.64. The van der Waals surface area contributed by atoms with Crippen LogP contribution in [0, 0.1) is 13.8 Å². The van der Waals surface area contributed by atoms with Crippen LogP contribution < -0.4 is 0 Å². The van der Waals surface area contributed by atoms with Gasteiger partial charge in [0.2, 0.25) is 0 Å². The Kier molecular flexibility index (Phi) is 3.19. The third kappa shape index (κ3) is 2.31. The van der Waals surface area contributed by atoms with E-state index in [0.717, 1.165) is 26.9 Å². The molecule has 0 spiro atoms. The van der Waals surface area contributed by atoms with Gasteiger partial charge >= 0.3 is 0 Å². The van der Waals surface area contributed by atoms with Gasteiger partial charge < -0.3 is 9.47 Å². The zero-order valence-electron chi connectivity index (χ0n) is 13.3. The third-order valence-electron chi connectivity index (χ3n) is 4.22. The van der Waals surface area contributed by atoms with Gasteiger partial charge in [-0.3, -0.25) is 4.79 Å². The molecule has 23 heavy (non-hydrogen) atoms. The summed E-state index contributed by atoms with van der Waals surface area (Å²) in [5, 5.41) is 9.33. The lowest BCUT2D eigenvalue weighted by molar-refractivity contribution is 0.0680. The van der Waals surface area contributed by atoms with E-state index in [4.69, 9.17) is 0 Å². The predicted octanol–water partition coefficient (Wildman–Crippen LogP) is 2.72. The molecule has 0 unspecified atom stereocenters. The van der Waals surface area contributed by atoms with Crippen LogP contribution in [0.2, 0.25) is 0 Å². The van der Waals surface area contributed by atoms with Crippen molar-refractivity contribution in [1.82, 2.24) is 24.6 Å². The van der Waals surface area contributed by atoms with Crippen LogP contribution in [0.15, 0.2) is 18.2 Å². The maximum Gasteiger partial charge on any atom is 0.254 e. The monoisotopic (exact) mass is 327 g/mol. The third-order valence-corrected chi connectivity index (χ3v) is 5.18. The van der Waals surface area contributed by atoms with Crippen molar-refractivity contribution >= 4 is 27.5 Å². The number of aromatic nitrogens is 4. The number of fused-ring (bicyclic) bond motifs is 2. The molecule has 2 aromatic heterocycles. The summed E-state index contributed by atoms with van der Waals surface area (Å²) in [4.78, 5) is 19.2. The van der Waals surface area contributed by atoms with Crippen LogP contribution in [0.4, 0.5) is 0 Å². The summed E-state index contributed by atoms with van der Waals surface area (Å²) in [7, 11) is 0. The topological polar surface area (TPSA) is 63.9 Å². The lowest BCUT2D eigenvalue weighted by atomic mass is 10.1. The molecule has 1 aliphatic rings. The van der Waals surface area contributed by atoms with E-state index in [1.165, 1.54) is 0 Å². The number of amides is 1. The zero-order chi connectivity index (χ0) is 16.1. The fraction of sp³-hybridized carbons (Fsp3) is 0.375. The average molecular weight is 327 g/mol. The normalized spacial score (nSPS) is 17.5. The first kappa shape index (κ1) is 14.3. The minimum Gasteiger partial charge on any atom is -0.329 e. The molecule has 118 valence electrons. The van der Waals surface area contributed by atoms with Crippen LogP contribution in [-0.4, -0.2) is 37.1 Å². The quantitative estimate of drug-likeness (QED) is 0.689. The summed E-state index contributed by atoms with van der Waals surface area (Å²) in [6, 6.07) is 5.93. The summed E-state index contributed by atoms with van der Waals surface area (Å²) in [6.07, 6.45) is 0. The molecule has 0 aliphatic carbocycles. The molecule has 1 aliphatic heterocycles. The molecular weight excluding hydrogens is 310 g/mol. The van der Waals surface area contributed by atoms with Crippen LogP contribution in [0.25, 0.3) is 10.2 Å². The summed E-state index contributed by atoms with van der Waals surface area (Å²) < 4.78 is 3.22. The van der Waals surface area contributed by atoms with E-state index in [2.05, 4.69) is 26.7 Å². The molecule has 0 radical (unpaired) electrons. The Morgan fingerprint density at radius 1 is 1.30 bits per heavy atom. The lowest BCUT2D eigenvalue weighted by Crippen LogP contribution is -2.40. The van der Waals surface area contributed by atoms with E-state index in [9.17, 15) is 4.79 Å². The molecule has 0 bridgehead atoms. The Bertz CT molecular complexity index is 912. The second kappa shape index (κ2) is 5.13. The number of benzene rings is 1. The molecule has 4 rings (SSSR count). The smallest absolute Gasteiger partial charge is 0.254 e. The van der Waals surface area contributed by atoms with Gasteiger partial charge in [-0.25, -0.2) is 4.98 Å². The Balaban J connectivity index is 1.66. The molecule has 7 heteroatoms. The van der Waals surface area contributed by atoms with Crippen LogP contribution >= 0.6 is 11.3 Å². The fourth-order valence-electron chi connectivity index (χ4n) is 3.24. The molecule has 3 aromatic rings. The molecule has 1 amide bonds. The number of aryl methyl sites for hydroxylation is 2. The van der Waals surface area contributed by atoms with Gasteiger partial charge in [-0.1, -0.05) is 0 Å². The van der Waals surface area contributed by atoms with Crippen molar-refractivity contribution < 1.29 is 4.79 Å². The molecular formula is C16H17N5OS. The number of rotatable bonds is 1. The van der Waals surface area contributed by atoms with Gasteiger partial charge in [0.15, 0.2) is 5.82 Å². The number of carbonyl (C=O) groups excluding carboxylic acids is 1. The Morgan fingerprint density at radius 3 is 2.96 bits per heavy atom. The van der Waals surface area contributed by atoms with Gasteiger partial charge in [-0.15, -0.1) is 21.5 Å². The van der Waals surface area contributed by atoms with Crippen LogP contribution in [0.1, 0.15) is 40.0 Å². The van der Waals surface area contributed by atoms with Crippen LogP contribution in [-0.2, 0) is 6.54 Å². The number of hydrogen-bond donors (Lipinski definition) is 0. The van der Waals surface area contributed by atoms with Gasteiger partial charge in [-0.05, 0) is 39.0 Å². The molecule has 1 atom stereocenters. The van der Waals surface area contributed by atoms with Crippen molar-refractivity contribution in [2.75, 3.05) is 6.54 Å². The van der Waals surface area contributed by atoms with Crippen molar-refractivity contribution in [1.29, 1.82) is 0 Å². The van der Waals surface area contributed by atoms with Crippen molar-refractivity contribution in [2.45, 2.75) is 33.4 Å². The van der Waals surface area contributed by atoms with Crippen molar-refractivity contribution in [3.8, 4) is 0 Å². The molecule has 6 nitrogen and oxygen atoms in total. The van der Waals surface area contributed by atoms with E-state index in [-0.39, 0.29) is 11.9 Å². The Morgan fingerprint density at radius 2 is 2.13 bits per heavy atom. The number of carbonyl (C=O) groups is 1. The molecule has 0 saturated carbocycles. The van der Waals surface area contributed by atoms with Gasteiger partial charge in [-0.2, -0.15) is 0 Å². The summed E-state index contributed by atoms with van der Waals surface area (Å²) in [6.45, 7) is 7.18. The van der Waals surface area contributed by atoms with E-state index < -0.39 is 0 Å². The van der Waals surface area contributed by atoms with Gasteiger partial charge in [0.1, 0.15) is 5.82 Å². The van der Waals surface area contributed by atoms with Crippen molar-refractivity contribution in [2.24, 2.45) is 0 Å². The second-order valence-corrected chi connectivity index (χ2v) is 7.22. The predicted molar refractivity (Wildman–Crippen MR) is 88.6 cm³/mol. The van der Waals surface area contributed by atoms with Crippen LogP contribution in [0.5, 0.6) is 0 Å². The van der Waals surface area contributed by atoms with Crippen molar-refractivity contribution in [3.05, 3.63) is 40.4 Å². The van der Waals surface area contributed by atoms with E-state index in [1.54, 1.807) is 11.3 Å². The minimum absolute atomic E-state index is 0.0244. The number of nitrogens with zero attached hydrogens (tertiary/aromatic N) is 5. The highest BCUT2D eigenvalue weighted by atomic mass is 32.1. The highest BCUT2D eigenvalue weighted by Gasteiger charge is 2.28. The van der Waals surface area contributed by atoms with Gasteiger partial charge in [0.05, 0.1) is 27.8 Å². The minimum atomic E-state index is 0.0244. The summed E-state index contributed by atoms with van der Waals surface area (Å²) in [5.41, 5.74) is 1.57. The molecule has 3 heterocycles.